The maximum Gasteiger partial charge on any atom is 0.304 e. The molecule has 0 aromatic heterocycles. The monoisotopic (exact) mass is 433 g/mol. The number of rotatable bonds is 7. The van der Waals surface area contributed by atoms with Gasteiger partial charge in [0.25, 0.3) is 0 Å². The number of carboxylic acids is 1. The Morgan fingerprint density at radius 1 is 1.30 bits per heavy atom. The van der Waals surface area contributed by atoms with E-state index in [1.54, 1.807) is 0 Å². The number of morpholine rings is 1. The number of carbonyl (C=O) groups is 1. The second-order valence-corrected chi connectivity index (χ2v) is 7.65. The summed E-state index contributed by atoms with van der Waals surface area (Å²) in [4.78, 5) is 12.9. The summed E-state index contributed by atoms with van der Waals surface area (Å²) in [6, 6.07) is 14.1. The average molecular weight is 434 g/mol. The molecule has 2 aromatic carbocycles. The molecule has 1 aliphatic rings. The molecule has 3 rings (SSSR count). The van der Waals surface area contributed by atoms with Crippen LogP contribution < -0.4 is 4.74 Å². The van der Waals surface area contributed by atoms with E-state index in [1.807, 2.05) is 36.4 Å². The van der Waals surface area contributed by atoms with Crippen molar-refractivity contribution in [2.75, 3.05) is 26.2 Å². The first-order valence-electron chi connectivity index (χ1n) is 9.05. The normalized spacial score (nSPS) is 17.6. The van der Waals surface area contributed by atoms with Gasteiger partial charge in [0.15, 0.2) is 0 Å². The molecule has 0 radical (unpaired) electrons. The number of halogens is 1. The second-order valence-electron chi connectivity index (χ2n) is 6.74. The highest BCUT2D eigenvalue weighted by atomic mass is 79.9. The largest absolute Gasteiger partial charge is 0.489 e. The number of hydrogen-bond acceptors (Lipinski definition) is 4. The zero-order valence-corrected chi connectivity index (χ0v) is 16.9. The fourth-order valence-electron chi connectivity index (χ4n) is 3.19. The third kappa shape index (κ3) is 5.79. The van der Waals surface area contributed by atoms with Gasteiger partial charge in [0.05, 0.1) is 19.1 Å². The van der Waals surface area contributed by atoms with Crippen molar-refractivity contribution in [3.63, 3.8) is 0 Å². The van der Waals surface area contributed by atoms with Gasteiger partial charge < -0.3 is 14.6 Å². The van der Waals surface area contributed by atoms with Gasteiger partial charge in [0.1, 0.15) is 12.4 Å². The molecule has 0 aliphatic carbocycles. The van der Waals surface area contributed by atoms with Crippen LogP contribution in [0, 0.1) is 6.92 Å². The average Bonchev–Trinajstić information content (AvgIpc) is 2.66. The van der Waals surface area contributed by atoms with Crippen LogP contribution in [-0.4, -0.2) is 42.2 Å². The van der Waals surface area contributed by atoms with Crippen LogP contribution in [0.25, 0.3) is 0 Å². The lowest BCUT2D eigenvalue weighted by Gasteiger charge is -2.33. The van der Waals surface area contributed by atoms with Crippen molar-refractivity contribution < 1.29 is 19.4 Å². The van der Waals surface area contributed by atoms with Gasteiger partial charge in [0, 0.05) is 24.1 Å². The first-order valence-corrected chi connectivity index (χ1v) is 9.84. The van der Waals surface area contributed by atoms with E-state index in [0.29, 0.717) is 26.3 Å². The zero-order valence-electron chi connectivity index (χ0n) is 15.4. The molecule has 1 fully saturated rings. The van der Waals surface area contributed by atoms with Gasteiger partial charge in [-0.15, -0.1) is 0 Å². The van der Waals surface area contributed by atoms with Gasteiger partial charge in [-0.3, -0.25) is 9.69 Å². The zero-order chi connectivity index (χ0) is 19.2. The molecule has 0 bridgehead atoms. The fourth-order valence-corrected chi connectivity index (χ4v) is 3.46. The molecule has 0 saturated carbocycles. The molecule has 1 aliphatic heterocycles. The molecule has 2 aromatic rings. The van der Waals surface area contributed by atoms with Crippen LogP contribution in [0.4, 0.5) is 0 Å². The van der Waals surface area contributed by atoms with Gasteiger partial charge in [-0.05, 0) is 47.9 Å². The standard InChI is InChI=1S/C21H24BrNO4/c1-15-12-18(27-14-16-2-4-17(22)5-3-16)6-7-19(15)20-13-23(10-11-26-20)9-8-21(24)25/h2-7,12,20H,8-11,13-14H2,1H3,(H,24,25). The lowest BCUT2D eigenvalue weighted by molar-refractivity contribution is -0.137. The summed E-state index contributed by atoms with van der Waals surface area (Å²) in [5.41, 5.74) is 3.36. The van der Waals surface area contributed by atoms with E-state index in [-0.39, 0.29) is 12.5 Å². The molecule has 27 heavy (non-hydrogen) atoms. The van der Waals surface area contributed by atoms with Crippen LogP contribution in [0.5, 0.6) is 5.75 Å². The van der Waals surface area contributed by atoms with Crippen LogP contribution in [0.15, 0.2) is 46.9 Å². The quantitative estimate of drug-likeness (QED) is 0.709. The van der Waals surface area contributed by atoms with E-state index >= 15 is 0 Å². The highest BCUT2D eigenvalue weighted by molar-refractivity contribution is 9.10. The highest BCUT2D eigenvalue weighted by Crippen LogP contribution is 2.28. The van der Waals surface area contributed by atoms with Crippen molar-refractivity contribution >= 4 is 21.9 Å². The predicted molar refractivity (Wildman–Crippen MR) is 107 cm³/mol. The number of nitrogens with zero attached hydrogens (tertiary/aromatic N) is 1. The second kappa shape index (κ2) is 9.35. The van der Waals surface area contributed by atoms with Crippen molar-refractivity contribution in [2.24, 2.45) is 0 Å². The van der Waals surface area contributed by atoms with Crippen LogP contribution in [0.1, 0.15) is 29.2 Å². The summed E-state index contributed by atoms with van der Waals surface area (Å²) < 4.78 is 12.9. The lowest BCUT2D eigenvalue weighted by Crippen LogP contribution is -2.39. The first kappa shape index (κ1) is 19.9. The molecule has 6 heteroatoms. The molecule has 0 amide bonds. The summed E-state index contributed by atoms with van der Waals surface area (Å²) in [7, 11) is 0. The Labute approximate surface area is 168 Å². The molecule has 1 saturated heterocycles. The molecule has 0 spiro atoms. The minimum Gasteiger partial charge on any atom is -0.489 e. The third-order valence-corrected chi connectivity index (χ3v) is 5.23. The van der Waals surface area contributed by atoms with E-state index < -0.39 is 5.97 Å². The van der Waals surface area contributed by atoms with Gasteiger partial charge in [0.2, 0.25) is 0 Å². The summed E-state index contributed by atoms with van der Waals surface area (Å²) in [6.07, 6.45) is 0.127. The lowest BCUT2D eigenvalue weighted by atomic mass is 10.0. The summed E-state index contributed by atoms with van der Waals surface area (Å²) in [6.45, 7) is 5.24. The maximum absolute atomic E-state index is 10.8. The van der Waals surface area contributed by atoms with Crippen LogP contribution in [-0.2, 0) is 16.1 Å². The topological polar surface area (TPSA) is 59.0 Å². The Morgan fingerprint density at radius 2 is 2.07 bits per heavy atom. The van der Waals surface area contributed by atoms with Crippen molar-refractivity contribution in [1.82, 2.24) is 4.90 Å². The number of aryl methyl sites for hydroxylation is 1. The molecular weight excluding hydrogens is 410 g/mol. The number of ether oxygens (including phenoxy) is 2. The maximum atomic E-state index is 10.8. The summed E-state index contributed by atoms with van der Waals surface area (Å²) in [5, 5.41) is 8.87. The number of carboxylic acid groups (broad SMARTS) is 1. The smallest absolute Gasteiger partial charge is 0.304 e. The number of benzene rings is 2. The highest BCUT2D eigenvalue weighted by Gasteiger charge is 2.23. The predicted octanol–water partition coefficient (Wildman–Crippen LogP) is 4.18. The third-order valence-electron chi connectivity index (χ3n) is 4.70. The SMILES string of the molecule is Cc1cc(OCc2ccc(Br)cc2)ccc1C1CN(CCC(=O)O)CCO1. The van der Waals surface area contributed by atoms with Crippen molar-refractivity contribution in [3.05, 3.63) is 63.6 Å². The van der Waals surface area contributed by atoms with Gasteiger partial charge in [-0.1, -0.05) is 34.1 Å². The molecule has 1 heterocycles. The summed E-state index contributed by atoms with van der Waals surface area (Å²) >= 11 is 3.43. The van der Waals surface area contributed by atoms with Gasteiger partial charge in [-0.2, -0.15) is 0 Å². The minimum absolute atomic E-state index is 0.0342. The Kier molecular flexibility index (Phi) is 6.88. The van der Waals surface area contributed by atoms with E-state index in [9.17, 15) is 4.79 Å². The fraction of sp³-hybridized carbons (Fsp3) is 0.381. The van der Waals surface area contributed by atoms with E-state index in [2.05, 4.69) is 33.8 Å². The van der Waals surface area contributed by atoms with E-state index in [4.69, 9.17) is 14.6 Å². The number of aliphatic carboxylic acids is 1. The van der Waals surface area contributed by atoms with E-state index in [0.717, 1.165) is 33.5 Å². The van der Waals surface area contributed by atoms with Crippen molar-refractivity contribution in [2.45, 2.75) is 26.1 Å². The van der Waals surface area contributed by atoms with Crippen molar-refractivity contribution in [3.8, 4) is 5.75 Å². The molecule has 5 nitrogen and oxygen atoms in total. The summed E-state index contributed by atoms with van der Waals surface area (Å²) in [5.74, 6) is 0.0687. The van der Waals surface area contributed by atoms with E-state index in [1.165, 1.54) is 0 Å². The van der Waals surface area contributed by atoms with Gasteiger partial charge >= 0.3 is 5.97 Å². The molecular formula is C21H24BrNO4. The van der Waals surface area contributed by atoms with Crippen LogP contribution in [0.2, 0.25) is 0 Å². The van der Waals surface area contributed by atoms with Gasteiger partial charge in [-0.25, -0.2) is 0 Å². The van der Waals surface area contributed by atoms with Crippen molar-refractivity contribution in [1.29, 1.82) is 0 Å². The Morgan fingerprint density at radius 3 is 2.78 bits per heavy atom. The minimum atomic E-state index is -0.763. The molecule has 1 atom stereocenters. The number of hydrogen-bond donors (Lipinski definition) is 1. The molecule has 1 unspecified atom stereocenters. The van der Waals surface area contributed by atoms with Crippen LogP contribution >= 0.6 is 15.9 Å². The Bertz CT molecular complexity index is 778. The first-order chi connectivity index (χ1) is 13.0. The van der Waals surface area contributed by atoms with Crippen LogP contribution in [0.3, 0.4) is 0 Å². The molecule has 144 valence electrons. The molecule has 1 N–H and O–H groups in total. The Hall–Kier alpha value is -1.89. The Balaban J connectivity index is 1.60.